The molecule has 1 unspecified atom stereocenters. The van der Waals surface area contributed by atoms with E-state index >= 15 is 0 Å². The van der Waals surface area contributed by atoms with Crippen molar-refractivity contribution in [3.8, 4) is 0 Å². The van der Waals surface area contributed by atoms with Crippen molar-refractivity contribution in [2.45, 2.75) is 12.5 Å². The van der Waals surface area contributed by atoms with Crippen LogP contribution < -0.4 is 0 Å². The van der Waals surface area contributed by atoms with Crippen LogP contribution in [0.15, 0.2) is 42.5 Å². The zero-order valence-electron chi connectivity index (χ0n) is 9.04. The molecule has 0 radical (unpaired) electrons. The summed E-state index contributed by atoms with van der Waals surface area (Å²) in [5, 5.41) is 18.1. The van der Waals surface area contributed by atoms with Gasteiger partial charge < -0.3 is 10.2 Å². The van der Waals surface area contributed by atoms with Gasteiger partial charge in [-0.25, -0.2) is 4.79 Å². The molecule has 0 saturated heterocycles. The van der Waals surface area contributed by atoms with E-state index in [0.29, 0.717) is 4.88 Å². The molecular weight excluding hydrogens is 275 g/mol. The molecule has 1 atom stereocenters. The van der Waals surface area contributed by atoms with Crippen LogP contribution in [0.4, 0.5) is 0 Å². The van der Waals surface area contributed by atoms with Gasteiger partial charge in [0.2, 0.25) is 0 Å². The first-order valence-electron chi connectivity index (χ1n) is 5.20. The molecule has 1 heterocycles. The number of carboxylic acids is 1. The van der Waals surface area contributed by atoms with E-state index in [-0.39, 0.29) is 51.4 Å². The van der Waals surface area contributed by atoms with E-state index in [1.165, 1.54) is 16.9 Å². The maximum atomic E-state index is 10.6. The Balaban J connectivity index is 0.00000162. The van der Waals surface area contributed by atoms with E-state index in [0.717, 1.165) is 11.3 Å². The SMILES string of the molecule is O=C(O)C(O)c1ccc(Cc2ccccc2)s1.[KH]. The predicted molar refractivity (Wildman–Crippen MR) is 73.3 cm³/mol. The van der Waals surface area contributed by atoms with Crippen LogP contribution >= 0.6 is 11.3 Å². The van der Waals surface area contributed by atoms with Crippen molar-refractivity contribution in [1.29, 1.82) is 0 Å². The van der Waals surface area contributed by atoms with E-state index in [1.807, 2.05) is 36.4 Å². The summed E-state index contributed by atoms with van der Waals surface area (Å²) in [7, 11) is 0. The number of rotatable bonds is 4. The molecule has 2 rings (SSSR count). The van der Waals surface area contributed by atoms with Gasteiger partial charge in [0.25, 0.3) is 0 Å². The summed E-state index contributed by atoms with van der Waals surface area (Å²) in [4.78, 5) is 12.1. The standard InChI is InChI=1S/C13H12O3S.K.H/c14-12(13(15)16)11-7-6-10(17-11)8-9-4-2-1-3-5-9;;/h1-7,12,14H,8H2,(H,15,16);;. The number of hydrogen-bond donors (Lipinski definition) is 2. The minimum atomic E-state index is -1.41. The number of aliphatic hydroxyl groups is 1. The second-order valence-electron chi connectivity index (χ2n) is 3.71. The molecule has 2 N–H and O–H groups in total. The van der Waals surface area contributed by atoms with Gasteiger partial charge in [-0.3, -0.25) is 0 Å². The number of benzene rings is 1. The van der Waals surface area contributed by atoms with Crippen LogP contribution in [-0.4, -0.2) is 67.6 Å². The van der Waals surface area contributed by atoms with Crippen molar-refractivity contribution in [2.24, 2.45) is 0 Å². The zero-order chi connectivity index (χ0) is 12.3. The number of hydrogen-bond acceptors (Lipinski definition) is 3. The fourth-order valence-electron chi connectivity index (χ4n) is 1.56. The van der Waals surface area contributed by atoms with Crippen molar-refractivity contribution in [3.63, 3.8) is 0 Å². The molecule has 0 aliphatic carbocycles. The Kier molecular flexibility index (Phi) is 6.72. The second-order valence-corrected chi connectivity index (χ2v) is 4.91. The molecule has 0 fully saturated rings. The Morgan fingerprint density at radius 1 is 1.17 bits per heavy atom. The van der Waals surface area contributed by atoms with Crippen LogP contribution in [0.3, 0.4) is 0 Å². The van der Waals surface area contributed by atoms with E-state index in [2.05, 4.69) is 0 Å². The van der Waals surface area contributed by atoms with Gasteiger partial charge in [-0.15, -0.1) is 11.3 Å². The van der Waals surface area contributed by atoms with Crippen LogP contribution in [0.25, 0.3) is 0 Å². The zero-order valence-corrected chi connectivity index (χ0v) is 9.85. The topological polar surface area (TPSA) is 57.5 Å². The summed E-state index contributed by atoms with van der Waals surface area (Å²) in [6.45, 7) is 0. The number of thiophene rings is 1. The fourth-order valence-corrected chi connectivity index (χ4v) is 2.58. The van der Waals surface area contributed by atoms with Crippen LogP contribution in [0.5, 0.6) is 0 Å². The molecule has 18 heavy (non-hydrogen) atoms. The van der Waals surface area contributed by atoms with Gasteiger partial charge in [0.15, 0.2) is 6.10 Å². The molecule has 0 bridgehead atoms. The number of aliphatic hydroxyl groups excluding tert-OH is 1. The molecule has 3 nitrogen and oxygen atoms in total. The Morgan fingerprint density at radius 2 is 1.83 bits per heavy atom. The summed E-state index contributed by atoms with van der Waals surface area (Å²) in [6, 6.07) is 13.5. The van der Waals surface area contributed by atoms with Gasteiger partial charge in [0, 0.05) is 16.2 Å². The molecular formula is C13H13KO3S. The molecule has 0 spiro atoms. The molecule has 0 amide bonds. The molecule has 5 heteroatoms. The van der Waals surface area contributed by atoms with Crippen molar-refractivity contribution in [3.05, 3.63) is 57.8 Å². The summed E-state index contributed by atoms with van der Waals surface area (Å²) in [5.41, 5.74) is 1.17. The molecule has 90 valence electrons. The molecule has 2 aromatic rings. The third-order valence-electron chi connectivity index (χ3n) is 2.41. The molecule has 1 aromatic carbocycles. The summed E-state index contributed by atoms with van der Waals surface area (Å²) in [5.74, 6) is -1.21. The van der Waals surface area contributed by atoms with Gasteiger partial charge in [0.1, 0.15) is 0 Å². The third kappa shape index (κ3) is 4.27. The number of aliphatic carboxylic acids is 1. The van der Waals surface area contributed by atoms with Crippen LogP contribution in [-0.2, 0) is 11.2 Å². The van der Waals surface area contributed by atoms with Gasteiger partial charge in [0.05, 0.1) is 0 Å². The molecule has 1 aromatic heterocycles. The van der Waals surface area contributed by atoms with Crippen LogP contribution in [0, 0.1) is 0 Å². The number of carbonyl (C=O) groups is 1. The average Bonchev–Trinajstić information content (AvgIpc) is 2.77. The van der Waals surface area contributed by atoms with E-state index < -0.39 is 12.1 Å². The minimum absolute atomic E-state index is 0. The first kappa shape index (κ1) is 16.0. The Hall–Kier alpha value is -0.0136. The normalized spacial score (nSPS) is 11.6. The third-order valence-corrected chi connectivity index (χ3v) is 3.54. The van der Waals surface area contributed by atoms with Crippen molar-refractivity contribution < 1.29 is 15.0 Å². The van der Waals surface area contributed by atoms with Crippen molar-refractivity contribution in [1.82, 2.24) is 0 Å². The van der Waals surface area contributed by atoms with E-state index in [9.17, 15) is 9.90 Å². The first-order chi connectivity index (χ1) is 8.16. The van der Waals surface area contributed by atoms with E-state index in [1.54, 1.807) is 6.07 Å². The Morgan fingerprint density at radius 3 is 2.44 bits per heavy atom. The Labute approximate surface area is 152 Å². The monoisotopic (exact) mass is 288 g/mol. The van der Waals surface area contributed by atoms with Crippen LogP contribution in [0.1, 0.15) is 21.4 Å². The molecule has 0 aliphatic heterocycles. The maximum absolute atomic E-state index is 10.6. The summed E-state index contributed by atoms with van der Waals surface area (Å²) in [6.07, 6.45) is -0.651. The average molecular weight is 288 g/mol. The van der Waals surface area contributed by atoms with Crippen LogP contribution in [0.2, 0.25) is 0 Å². The van der Waals surface area contributed by atoms with Gasteiger partial charge in [-0.2, -0.15) is 0 Å². The number of carboxylic acid groups (broad SMARTS) is 1. The van der Waals surface area contributed by atoms with Crippen molar-refractivity contribution in [2.75, 3.05) is 0 Å². The molecule has 0 aliphatic rings. The van der Waals surface area contributed by atoms with Gasteiger partial charge >= 0.3 is 57.4 Å². The summed E-state index contributed by atoms with van der Waals surface area (Å²) >= 11 is 1.33. The van der Waals surface area contributed by atoms with E-state index in [4.69, 9.17) is 5.11 Å². The quantitative estimate of drug-likeness (QED) is 0.844. The Bertz CT molecular complexity index is 510. The van der Waals surface area contributed by atoms with Gasteiger partial charge in [-0.1, -0.05) is 30.3 Å². The van der Waals surface area contributed by atoms with Gasteiger partial charge in [-0.05, 0) is 17.7 Å². The first-order valence-corrected chi connectivity index (χ1v) is 6.02. The van der Waals surface area contributed by atoms with Crippen molar-refractivity contribution >= 4 is 68.7 Å². The summed E-state index contributed by atoms with van der Waals surface area (Å²) < 4.78 is 0. The second kappa shape index (κ2) is 7.55. The molecule has 0 saturated carbocycles. The predicted octanol–water partition coefficient (Wildman–Crippen LogP) is 1.81. The fraction of sp³-hybridized carbons (Fsp3) is 0.154.